The molecule has 1 atom stereocenters. The molecule has 0 spiro atoms. The van der Waals surface area contributed by atoms with Crippen molar-refractivity contribution in [2.75, 3.05) is 6.54 Å². The van der Waals surface area contributed by atoms with Crippen molar-refractivity contribution in [3.63, 3.8) is 0 Å². The molecule has 0 bridgehead atoms. The maximum Gasteiger partial charge on any atom is 0.428 e. The second kappa shape index (κ2) is 4.33. The largest absolute Gasteiger partial charge is 0.428 e. The van der Waals surface area contributed by atoms with Gasteiger partial charge in [0.15, 0.2) is 0 Å². The molecular formula is C10H10F3NO3. The Morgan fingerprint density at radius 1 is 1.29 bits per heavy atom. The molecule has 0 fully saturated rings. The molecule has 0 amide bonds. The third kappa shape index (κ3) is 2.73. The van der Waals surface area contributed by atoms with E-state index in [2.05, 4.69) is 0 Å². The number of aryl methyl sites for hydroxylation is 1. The second-order valence-electron chi connectivity index (χ2n) is 3.71. The van der Waals surface area contributed by atoms with Gasteiger partial charge in [-0.2, -0.15) is 13.2 Å². The van der Waals surface area contributed by atoms with E-state index < -0.39 is 28.8 Å². The van der Waals surface area contributed by atoms with Gasteiger partial charge >= 0.3 is 6.18 Å². The minimum atomic E-state index is -5.10. The molecule has 0 aliphatic carbocycles. The molecule has 0 heterocycles. The molecule has 4 nitrogen and oxygen atoms in total. The highest BCUT2D eigenvalue weighted by Gasteiger charge is 2.58. The van der Waals surface area contributed by atoms with E-state index in [-0.39, 0.29) is 0 Å². The van der Waals surface area contributed by atoms with Crippen LogP contribution in [0.3, 0.4) is 0 Å². The van der Waals surface area contributed by atoms with Gasteiger partial charge in [0, 0.05) is 4.92 Å². The lowest BCUT2D eigenvalue weighted by molar-refractivity contribution is -0.519. The summed E-state index contributed by atoms with van der Waals surface area (Å²) < 4.78 is 38.1. The van der Waals surface area contributed by atoms with Crippen LogP contribution in [0.25, 0.3) is 0 Å². The Hall–Kier alpha value is -1.63. The van der Waals surface area contributed by atoms with Crippen molar-refractivity contribution in [1.82, 2.24) is 0 Å². The Bertz CT molecular complexity index is 416. The molecule has 0 saturated heterocycles. The summed E-state index contributed by atoms with van der Waals surface area (Å²) in [5, 5.41) is 19.8. The molecule has 7 heteroatoms. The summed E-state index contributed by atoms with van der Waals surface area (Å²) in [6.45, 7) is 0.0451. The predicted molar refractivity (Wildman–Crippen MR) is 53.0 cm³/mol. The number of hydrogen-bond donors (Lipinski definition) is 1. The van der Waals surface area contributed by atoms with Crippen LogP contribution in [-0.4, -0.2) is 22.8 Å². The molecule has 1 aromatic carbocycles. The summed E-state index contributed by atoms with van der Waals surface area (Å²) in [5.74, 6) is 0. The zero-order valence-corrected chi connectivity index (χ0v) is 8.86. The highest BCUT2D eigenvalue weighted by Crippen LogP contribution is 2.39. The van der Waals surface area contributed by atoms with Gasteiger partial charge < -0.3 is 5.11 Å². The predicted octanol–water partition coefficient (Wildman–Crippen LogP) is 2.02. The van der Waals surface area contributed by atoms with Crippen molar-refractivity contribution in [3.05, 3.63) is 45.5 Å². The number of alkyl halides is 3. The van der Waals surface area contributed by atoms with E-state index >= 15 is 0 Å². The van der Waals surface area contributed by atoms with Gasteiger partial charge in [0.25, 0.3) is 5.60 Å². The normalized spacial score (nSPS) is 15.4. The van der Waals surface area contributed by atoms with Crippen LogP contribution < -0.4 is 0 Å². The highest BCUT2D eigenvalue weighted by molar-refractivity contribution is 5.28. The first-order chi connectivity index (χ1) is 7.67. The number of benzene rings is 1. The Kier molecular flexibility index (Phi) is 3.42. The first-order valence-electron chi connectivity index (χ1n) is 4.65. The molecule has 0 unspecified atom stereocenters. The van der Waals surface area contributed by atoms with E-state index in [4.69, 9.17) is 0 Å². The number of nitro groups is 1. The second-order valence-corrected chi connectivity index (χ2v) is 3.71. The summed E-state index contributed by atoms with van der Waals surface area (Å²) >= 11 is 0. The zero-order valence-electron chi connectivity index (χ0n) is 8.86. The third-order valence-electron chi connectivity index (χ3n) is 2.36. The fourth-order valence-corrected chi connectivity index (χ4v) is 1.36. The van der Waals surface area contributed by atoms with Gasteiger partial charge in [-0.1, -0.05) is 29.8 Å². The van der Waals surface area contributed by atoms with Gasteiger partial charge in [-0.25, -0.2) is 0 Å². The van der Waals surface area contributed by atoms with E-state index in [0.717, 1.165) is 12.1 Å². The molecule has 1 rings (SSSR count). The lowest BCUT2D eigenvalue weighted by Gasteiger charge is -2.27. The quantitative estimate of drug-likeness (QED) is 0.658. The molecule has 1 N–H and O–H groups in total. The van der Waals surface area contributed by atoms with Crippen LogP contribution >= 0.6 is 0 Å². The van der Waals surface area contributed by atoms with Crippen LogP contribution in [0, 0.1) is 17.0 Å². The smallest absolute Gasteiger partial charge is 0.371 e. The van der Waals surface area contributed by atoms with Gasteiger partial charge in [-0.15, -0.1) is 0 Å². The Labute approximate surface area is 94.8 Å². The van der Waals surface area contributed by atoms with Crippen molar-refractivity contribution >= 4 is 0 Å². The highest BCUT2D eigenvalue weighted by atomic mass is 19.4. The number of aliphatic hydroxyl groups is 1. The molecule has 0 radical (unpaired) electrons. The minimum absolute atomic E-state index is 0.535. The third-order valence-corrected chi connectivity index (χ3v) is 2.36. The first kappa shape index (κ1) is 13.4. The molecule has 1 aromatic rings. The van der Waals surface area contributed by atoms with E-state index in [9.17, 15) is 28.4 Å². The topological polar surface area (TPSA) is 63.4 Å². The summed E-state index contributed by atoms with van der Waals surface area (Å²) in [5.41, 5.74) is -3.30. The minimum Gasteiger partial charge on any atom is -0.371 e. The molecule has 0 aliphatic rings. The van der Waals surface area contributed by atoms with Crippen LogP contribution in [-0.2, 0) is 5.60 Å². The van der Waals surface area contributed by atoms with E-state index in [1.807, 2.05) is 0 Å². The zero-order chi connectivity index (χ0) is 13.3. The molecule has 0 saturated carbocycles. The van der Waals surface area contributed by atoms with E-state index in [1.165, 1.54) is 12.1 Å². The van der Waals surface area contributed by atoms with Crippen LogP contribution in [0.2, 0.25) is 0 Å². The SMILES string of the molecule is Cc1ccc([C@@](O)(C[N+](=O)[O-])C(F)(F)F)cc1. The lowest BCUT2D eigenvalue weighted by Crippen LogP contribution is -2.47. The monoisotopic (exact) mass is 249 g/mol. The van der Waals surface area contributed by atoms with Gasteiger partial charge in [0.05, 0.1) is 0 Å². The summed E-state index contributed by atoms with van der Waals surface area (Å²) in [7, 11) is 0. The van der Waals surface area contributed by atoms with E-state index in [0.29, 0.717) is 5.56 Å². The average Bonchev–Trinajstić information content (AvgIpc) is 2.15. The first-order valence-corrected chi connectivity index (χ1v) is 4.65. The molecule has 94 valence electrons. The Morgan fingerprint density at radius 2 is 1.76 bits per heavy atom. The number of nitrogens with zero attached hydrogens (tertiary/aromatic N) is 1. The average molecular weight is 249 g/mol. The van der Waals surface area contributed by atoms with Gasteiger partial charge in [-0.3, -0.25) is 10.1 Å². The lowest BCUT2D eigenvalue weighted by atomic mass is 9.92. The Balaban J connectivity index is 3.24. The van der Waals surface area contributed by atoms with Crippen molar-refractivity contribution in [3.8, 4) is 0 Å². The maximum atomic E-state index is 12.7. The fourth-order valence-electron chi connectivity index (χ4n) is 1.36. The van der Waals surface area contributed by atoms with Crippen LogP contribution in [0.15, 0.2) is 24.3 Å². The summed E-state index contributed by atoms with van der Waals surface area (Å²) in [6.07, 6.45) is -5.10. The Morgan fingerprint density at radius 3 is 2.12 bits per heavy atom. The van der Waals surface area contributed by atoms with Gasteiger partial charge in [0.1, 0.15) is 0 Å². The number of rotatable bonds is 3. The van der Waals surface area contributed by atoms with Crippen molar-refractivity contribution in [2.24, 2.45) is 0 Å². The standard InChI is InChI=1S/C10H10F3NO3/c1-7-2-4-8(5-3-7)9(15,6-14(16)17)10(11,12)13/h2-5,15H,6H2,1H3/t9-/m0/s1. The van der Waals surface area contributed by atoms with Crippen LogP contribution in [0.4, 0.5) is 13.2 Å². The fraction of sp³-hybridized carbons (Fsp3) is 0.400. The van der Waals surface area contributed by atoms with Crippen molar-refractivity contribution < 1.29 is 23.2 Å². The van der Waals surface area contributed by atoms with Gasteiger partial charge in [-0.05, 0) is 12.5 Å². The number of hydrogen-bond acceptors (Lipinski definition) is 3. The molecule has 17 heavy (non-hydrogen) atoms. The maximum absolute atomic E-state index is 12.7. The van der Waals surface area contributed by atoms with Crippen molar-refractivity contribution in [1.29, 1.82) is 0 Å². The molecule has 0 aliphatic heterocycles. The van der Waals surface area contributed by atoms with Crippen LogP contribution in [0.5, 0.6) is 0 Å². The summed E-state index contributed by atoms with van der Waals surface area (Å²) in [4.78, 5) is 9.06. The molecule has 0 aromatic heterocycles. The summed E-state index contributed by atoms with van der Waals surface area (Å²) in [6, 6.07) is 4.77. The van der Waals surface area contributed by atoms with Crippen molar-refractivity contribution in [2.45, 2.75) is 18.7 Å². The van der Waals surface area contributed by atoms with Gasteiger partial charge in [0.2, 0.25) is 6.54 Å². The van der Waals surface area contributed by atoms with E-state index in [1.54, 1.807) is 6.92 Å². The molecular weight excluding hydrogens is 239 g/mol. The number of halogens is 3. The van der Waals surface area contributed by atoms with Crippen LogP contribution in [0.1, 0.15) is 11.1 Å².